The SMILES string of the molecule is COc1nc(C)ccc1-c1cnn2ccc(-c3ccn(CCC(C)C)c(=O)c3)nc12. The quantitative estimate of drug-likeness (QED) is 0.487. The molecule has 7 nitrogen and oxygen atoms in total. The molecule has 154 valence electrons. The molecular weight excluding hydrogens is 378 g/mol. The van der Waals surface area contributed by atoms with Gasteiger partial charge in [-0.05, 0) is 43.5 Å². The molecule has 0 N–H and O–H groups in total. The molecule has 7 heteroatoms. The van der Waals surface area contributed by atoms with E-state index in [1.807, 2.05) is 43.6 Å². The maximum absolute atomic E-state index is 12.5. The number of hydrogen-bond donors (Lipinski definition) is 0. The number of aryl methyl sites for hydroxylation is 2. The van der Waals surface area contributed by atoms with Crippen LogP contribution in [-0.4, -0.2) is 31.3 Å². The fraction of sp³-hybridized carbons (Fsp3) is 0.304. The van der Waals surface area contributed by atoms with Crippen molar-refractivity contribution >= 4 is 5.65 Å². The van der Waals surface area contributed by atoms with Crippen molar-refractivity contribution in [1.82, 2.24) is 24.1 Å². The van der Waals surface area contributed by atoms with E-state index in [9.17, 15) is 4.79 Å². The predicted octanol–water partition coefficient (Wildman–Crippen LogP) is 3.98. The number of methoxy groups -OCH3 is 1. The molecule has 4 heterocycles. The van der Waals surface area contributed by atoms with Crippen molar-refractivity contribution < 1.29 is 4.74 Å². The van der Waals surface area contributed by atoms with E-state index in [1.54, 1.807) is 28.5 Å². The zero-order valence-electron chi connectivity index (χ0n) is 17.7. The summed E-state index contributed by atoms with van der Waals surface area (Å²) in [5, 5.41) is 4.41. The Bertz CT molecular complexity index is 1260. The maximum Gasteiger partial charge on any atom is 0.251 e. The first-order valence-corrected chi connectivity index (χ1v) is 10.0. The van der Waals surface area contributed by atoms with Gasteiger partial charge in [-0.15, -0.1) is 0 Å². The van der Waals surface area contributed by atoms with Crippen LogP contribution in [0.5, 0.6) is 5.88 Å². The molecule has 0 aromatic carbocycles. The Hall–Kier alpha value is -3.48. The van der Waals surface area contributed by atoms with E-state index in [0.29, 0.717) is 17.4 Å². The Kier molecular flexibility index (Phi) is 5.35. The second-order valence-electron chi connectivity index (χ2n) is 7.78. The van der Waals surface area contributed by atoms with Gasteiger partial charge in [0.15, 0.2) is 5.65 Å². The maximum atomic E-state index is 12.5. The summed E-state index contributed by atoms with van der Waals surface area (Å²) >= 11 is 0. The molecule has 0 radical (unpaired) electrons. The van der Waals surface area contributed by atoms with Crippen LogP contribution in [0.25, 0.3) is 28.0 Å². The Balaban J connectivity index is 1.75. The van der Waals surface area contributed by atoms with Gasteiger partial charge in [0, 0.05) is 41.8 Å². The highest BCUT2D eigenvalue weighted by Gasteiger charge is 2.15. The van der Waals surface area contributed by atoms with Crippen molar-refractivity contribution in [2.24, 2.45) is 5.92 Å². The van der Waals surface area contributed by atoms with E-state index in [0.717, 1.165) is 41.0 Å². The molecule has 0 amide bonds. The highest BCUT2D eigenvalue weighted by Crippen LogP contribution is 2.31. The van der Waals surface area contributed by atoms with E-state index < -0.39 is 0 Å². The van der Waals surface area contributed by atoms with Crippen molar-refractivity contribution in [2.75, 3.05) is 7.11 Å². The van der Waals surface area contributed by atoms with Crippen LogP contribution in [0.4, 0.5) is 0 Å². The first-order valence-electron chi connectivity index (χ1n) is 10.0. The van der Waals surface area contributed by atoms with Crippen LogP contribution in [0.15, 0.2) is 53.7 Å². The molecule has 0 fully saturated rings. The smallest absolute Gasteiger partial charge is 0.251 e. The highest BCUT2D eigenvalue weighted by molar-refractivity contribution is 5.81. The van der Waals surface area contributed by atoms with Gasteiger partial charge in [-0.2, -0.15) is 5.10 Å². The van der Waals surface area contributed by atoms with Gasteiger partial charge in [-0.25, -0.2) is 14.5 Å². The van der Waals surface area contributed by atoms with Gasteiger partial charge in [-0.1, -0.05) is 13.8 Å². The van der Waals surface area contributed by atoms with E-state index in [4.69, 9.17) is 9.72 Å². The summed E-state index contributed by atoms with van der Waals surface area (Å²) in [4.78, 5) is 21.8. The largest absolute Gasteiger partial charge is 0.481 e. The molecule has 4 aromatic heterocycles. The summed E-state index contributed by atoms with van der Waals surface area (Å²) in [7, 11) is 1.60. The molecule has 30 heavy (non-hydrogen) atoms. The number of ether oxygens (including phenoxy) is 1. The topological polar surface area (TPSA) is 74.3 Å². The third-order valence-corrected chi connectivity index (χ3v) is 5.09. The average molecular weight is 403 g/mol. The minimum Gasteiger partial charge on any atom is -0.481 e. The molecule has 4 rings (SSSR count). The van der Waals surface area contributed by atoms with E-state index in [2.05, 4.69) is 23.9 Å². The third-order valence-electron chi connectivity index (χ3n) is 5.09. The first kappa shape index (κ1) is 19.8. The number of nitrogens with zero attached hydrogens (tertiary/aromatic N) is 5. The summed E-state index contributed by atoms with van der Waals surface area (Å²) in [5.41, 5.74) is 4.69. The first-order chi connectivity index (χ1) is 14.5. The highest BCUT2D eigenvalue weighted by atomic mass is 16.5. The number of aromatic nitrogens is 5. The van der Waals surface area contributed by atoms with Crippen molar-refractivity contribution in [1.29, 1.82) is 0 Å². The lowest BCUT2D eigenvalue weighted by atomic mass is 10.1. The molecule has 0 bridgehead atoms. The van der Waals surface area contributed by atoms with Crippen LogP contribution < -0.4 is 10.3 Å². The third kappa shape index (κ3) is 3.83. The molecule has 4 aromatic rings. The van der Waals surface area contributed by atoms with Crippen LogP contribution in [0.1, 0.15) is 26.0 Å². The minimum absolute atomic E-state index is 0.0204. The van der Waals surface area contributed by atoms with Gasteiger partial charge in [0.05, 0.1) is 24.6 Å². The zero-order valence-corrected chi connectivity index (χ0v) is 17.7. The Morgan fingerprint density at radius 3 is 2.63 bits per heavy atom. The van der Waals surface area contributed by atoms with Gasteiger partial charge in [0.25, 0.3) is 5.56 Å². The summed E-state index contributed by atoms with van der Waals surface area (Å²) in [6.07, 6.45) is 6.41. The fourth-order valence-electron chi connectivity index (χ4n) is 3.36. The number of hydrogen-bond acceptors (Lipinski definition) is 5. The number of pyridine rings is 2. The normalized spacial score (nSPS) is 11.4. The van der Waals surface area contributed by atoms with E-state index >= 15 is 0 Å². The van der Waals surface area contributed by atoms with Crippen molar-refractivity contribution in [2.45, 2.75) is 33.7 Å². The molecule has 0 aliphatic carbocycles. The molecule has 0 saturated heterocycles. The summed E-state index contributed by atoms with van der Waals surface area (Å²) < 4.78 is 8.92. The Morgan fingerprint density at radius 1 is 1.07 bits per heavy atom. The molecule has 0 saturated carbocycles. The second-order valence-corrected chi connectivity index (χ2v) is 7.78. The zero-order chi connectivity index (χ0) is 21.3. The van der Waals surface area contributed by atoms with Gasteiger partial charge in [0.1, 0.15) is 0 Å². The van der Waals surface area contributed by atoms with Gasteiger partial charge in [-0.3, -0.25) is 4.79 Å². The van der Waals surface area contributed by atoms with Crippen LogP contribution in [-0.2, 0) is 6.54 Å². The Labute approximate surface area is 175 Å². The summed E-state index contributed by atoms with van der Waals surface area (Å²) in [6, 6.07) is 9.33. The van der Waals surface area contributed by atoms with Gasteiger partial charge < -0.3 is 9.30 Å². The molecule has 0 atom stereocenters. The molecule has 0 spiro atoms. The second kappa shape index (κ2) is 8.10. The van der Waals surface area contributed by atoms with E-state index in [1.165, 1.54) is 0 Å². The fourth-order valence-corrected chi connectivity index (χ4v) is 3.36. The lowest BCUT2D eigenvalue weighted by Gasteiger charge is -2.09. The van der Waals surface area contributed by atoms with Crippen LogP contribution in [0, 0.1) is 12.8 Å². The van der Waals surface area contributed by atoms with Crippen molar-refractivity contribution in [3.63, 3.8) is 0 Å². The number of fused-ring (bicyclic) bond motifs is 1. The van der Waals surface area contributed by atoms with Crippen molar-refractivity contribution in [3.8, 4) is 28.3 Å². The minimum atomic E-state index is -0.0204. The summed E-state index contributed by atoms with van der Waals surface area (Å²) in [5.74, 6) is 1.08. The van der Waals surface area contributed by atoms with Crippen molar-refractivity contribution in [3.05, 3.63) is 65.0 Å². The van der Waals surface area contributed by atoms with Gasteiger partial charge >= 0.3 is 0 Å². The van der Waals surface area contributed by atoms with Crippen LogP contribution in [0.3, 0.4) is 0 Å². The summed E-state index contributed by atoms with van der Waals surface area (Å²) in [6.45, 7) is 6.94. The monoisotopic (exact) mass is 403 g/mol. The average Bonchev–Trinajstić information content (AvgIpc) is 3.15. The molecular formula is C23H25N5O2. The molecule has 0 aliphatic rings. The molecule has 0 unspecified atom stereocenters. The van der Waals surface area contributed by atoms with Crippen LogP contribution >= 0.6 is 0 Å². The number of rotatable bonds is 6. The predicted molar refractivity (Wildman–Crippen MR) is 117 cm³/mol. The van der Waals surface area contributed by atoms with Gasteiger partial charge in [0.2, 0.25) is 5.88 Å². The van der Waals surface area contributed by atoms with Crippen LogP contribution in [0.2, 0.25) is 0 Å². The standard InChI is InChI=1S/C23H25N5O2/c1-15(2)7-10-27-11-8-17(13-21(27)29)20-9-12-28-22(26-20)19(14-24-28)18-6-5-16(3)25-23(18)30-4/h5-6,8-9,11-15H,7,10H2,1-4H3. The Morgan fingerprint density at radius 2 is 1.90 bits per heavy atom. The lowest BCUT2D eigenvalue weighted by molar-refractivity contribution is 0.399. The molecule has 0 aliphatic heterocycles. The lowest BCUT2D eigenvalue weighted by Crippen LogP contribution is -2.19. The van der Waals surface area contributed by atoms with E-state index in [-0.39, 0.29) is 5.56 Å².